The number of aliphatic carboxylic acids is 1. The lowest BCUT2D eigenvalue weighted by atomic mass is 9.86. The smallest absolute Gasteiger partial charge is 0.341 e. The number of alkyl halides is 1. The number of nitrogens with zero attached hydrogens (tertiary/aromatic N) is 1. The minimum Gasteiger partial charge on any atom is -0.479 e. The fraction of sp³-hybridized carbons (Fsp3) is 0.909. The molecular weight excluding hydrogens is 213 g/mol. The molecule has 1 aliphatic heterocycles. The van der Waals surface area contributed by atoms with Gasteiger partial charge in [0.25, 0.3) is 0 Å². The molecule has 0 aromatic rings. The topological polar surface area (TPSA) is 60.8 Å². The number of carbonyl (C=O) groups is 1. The summed E-state index contributed by atoms with van der Waals surface area (Å²) in [7, 11) is 0. The second-order valence-electron chi connectivity index (χ2n) is 5.00. The lowest BCUT2D eigenvalue weighted by Crippen LogP contribution is -2.52. The molecular formula is C11H20FNO3. The summed E-state index contributed by atoms with van der Waals surface area (Å²) < 4.78 is 13.3. The number of likely N-dealkylation sites (tertiary alicyclic amines) is 1. The first-order chi connectivity index (χ1) is 7.35. The fourth-order valence-corrected chi connectivity index (χ4v) is 2.12. The Hall–Kier alpha value is -0.680. The summed E-state index contributed by atoms with van der Waals surface area (Å²) in [5, 5.41) is 18.4. The quantitative estimate of drug-likeness (QED) is 0.757. The van der Waals surface area contributed by atoms with Gasteiger partial charge in [-0.05, 0) is 18.8 Å². The van der Waals surface area contributed by atoms with Gasteiger partial charge in [-0.3, -0.25) is 0 Å². The molecule has 0 radical (unpaired) electrons. The van der Waals surface area contributed by atoms with Crippen molar-refractivity contribution < 1.29 is 19.4 Å². The number of piperidine rings is 1. The van der Waals surface area contributed by atoms with Crippen LogP contribution in [0.3, 0.4) is 0 Å². The van der Waals surface area contributed by atoms with Crippen LogP contribution in [0.5, 0.6) is 0 Å². The third-order valence-electron chi connectivity index (χ3n) is 3.03. The molecule has 1 atom stereocenters. The molecule has 0 spiro atoms. The van der Waals surface area contributed by atoms with Crippen LogP contribution < -0.4 is 0 Å². The van der Waals surface area contributed by atoms with E-state index in [4.69, 9.17) is 5.11 Å². The standard InChI is InChI=1S/C11H20FNO3/c1-8(2)7-13-5-3-11(16,4-6-13)9(12)10(14)15/h8-9,16H,3-7H2,1-2H3,(H,14,15). The third-order valence-corrected chi connectivity index (χ3v) is 3.03. The molecule has 1 aliphatic rings. The first-order valence-corrected chi connectivity index (χ1v) is 5.67. The van der Waals surface area contributed by atoms with Crippen LogP contribution in [0.2, 0.25) is 0 Å². The van der Waals surface area contributed by atoms with Crippen molar-refractivity contribution in [2.24, 2.45) is 5.92 Å². The maximum atomic E-state index is 13.3. The molecule has 0 amide bonds. The molecule has 0 saturated carbocycles. The van der Waals surface area contributed by atoms with Gasteiger partial charge in [0.1, 0.15) is 5.60 Å². The number of halogens is 1. The summed E-state index contributed by atoms with van der Waals surface area (Å²) in [5.74, 6) is -1.05. The Balaban J connectivity index is 2.49. The van der Waals surface area contributed by atoms with Crippen LogP contribution in [0, 0.1) is 5.92 Å². The van der Waals surface area contributed by atoms with Crippen LogP contribution in [0.4, 0.5) is 4.39 Å². The average Bonchev–Trinajstić information content (AvgIpc) is 2.20. The fourth-order valence-electron chi connectivity index (χ4n) is 2.12. The van der Waals surface area contributed by atoms with Crippen molar-refractivity contribution in [2.45, 2.75) is 38.5 Å². The molecule has 4 nitrogen and oxygen atoms in total. The number of hydrogen-bond acceptors (Lipinski definition) is 3. The number of carboxylic acids is 1. The van der Waals surface area contributed by atoms with Gasteiger partial charge in [0.2, 0.25) is 6.17 Å². The van der Waals surface area contributed by atoms with Crippen LogP contribution >= 0.6 is 0 Å². The predicted octanol–water partition coefficient (Wildman–Crippen LogP) is 0.892. The Morgan fingerprint density at radius 2 is 1.94 bits per heavy atom. The second-order valence-corrected chi connectivity index (χ2v) is 5.00. The van der Waals surface area contributed by atoms with E-state index in [0.29, 0.717) is 19.0 Å². The van der Waals surface area contributed by atoms with E-state index in [0.717, 1.165) is 6.54 Å². The van der Waals surface area contributed by atoms with E-state index in [1.165, 1.54) is 0 Å². The van der Waals surface area contributed by atoms with E-state index in [1.54, 1.807) is 0 Å². The van der Waals surface area contributed by atoms with Crippen LogP contribution in [0.15, 0.2) is 0 Å². The molecule has 5 heteroatoms. The summed E-state index contributed by atoms with van der Waals surface area (Å²) in [6.07, 6.45) is -1.80. The highest BCUT2D eigenvalue weighted by molar-refractivity contribution is 5.73. The van der Waals surface area contributed by atoms with Gasteiger partial charge in [0.15, 0.2) is 0 Å². The largest absolute Gasteiger partial charge is 0.479 e. The maximum Gasteiger partial charge on any atom is 0.341 e. The van der Waals surface area contributed by atoms with E-state index in [2.05, 4.69) is 18.7 Å². The van der Waals surface area contributed by atoms with Gasteiger partial charge < -0.3 is 15.1 Å². The molecule has 1 unspecified atom stereocenters. The van der Waals surface area contributed by atoms with E-state index in [9.17, 15) is 14.3 Å². The highest BCUT2D eigenvalue weighted by Gasteiger charge is 2.44. The zero-order valence-electron chi connectivity index (χ0n) is 9.82. The third kappa shape index (κ3) is 3.15. The van der Waals surface area contributed by atoms with E-state index in [1.807, 2.05) is 0 Å². The van der Waals surface area contributed by atoms with Gasteiger partial charge in [0.05, 0.1) is 0 Å². The molecule has 94 valence electrons. The highest BCUT2D eigenvalue weighted by atomic mass is 19.1. The summed E-state index contributed by atoms with van der Waals surface area (Å²) in [5.41, 5.74) is -1.68. The van der Waals surface area contributed by atoms with Crippen molar-refractivity contribution in [3.05, 3.63) is 0 Å². The number of hydrogen-bond donors (Lipinski definition) is 2. The van der Waals surface area contributed by atoms with Gasteiger partial charge >= 0.3 is 5.97 Å². The minimum absolute atomic E-state index is 0.188. The molecule has 16 heavy (non-hydrogen) atoms. The van der Waals surface area contributed by atoms with Gasteiger partial charge in [-0.25, -0.2) is 9.18 Å². The number of rotatable bonds is 4. The van der Waals surface area contributed by atoms with E-state index >= 15 is 0 Å². The van der Waals surface area contributed by atoms with E-state index in [-0.39, 0.29) is 12.8 Å². The molecule has 0 aliphatic carbocycles. The highest BCUT2D eigenvalue weighted by Crippen LogP contribution is 2.28. The zero-order chi connectivity index (χ0) is 12.3. The SMILES string of the molecule is CC(C)CN1CCC(O)(C(F)C(=O)O)CC1. The van der Waals surface area contributed by atoms with Crippen molar-refractivity contribution in [3.63, 3.8) is 0 Å². The summed E-state index contributed by atoms with van der Waals surface area (Å²) in [6, 6.07) is 0. The summed E-state index contributed by atoms with van der Waals surface area (Å²) in [6.45, 7) is 6.21. The first-order valence-electron chi connectivity index (χ1n) is 5.67. The molecule has 1 fully saturated rings. The maximum absolute atomic E-state index is 13.3. The van der Waals surface area contributed by atoms with Crippen LogP contribution in [0.1, 0.15) is 26.7 Å². The zero-order valence-corrected chi connectivity index (χ0v) is 9.82. The molecule has 0 aromatic carbocycles. The molecule has 1 rings (SSSR count). The lowest BCUT2D eigenvalue weighted by Gasteiger charge is -2.39. The van der Waals surface area contributed by atoms with Crippen LogP contribution in [-0.2, 0) is 4.79 Å². The van der Waals surface area contributed by atoms with Crippen molar-refractivity contribution in [2.75, 3.05) is 19.6 Å². The molecule has 0 aromatic heterocycles. The summed E-state index contributed by atoms with van der Waals surface area (Å²) >= 11 is 0. The van der Waals surface area contributed by atoms with Gasteiger partial charge in [-0.15, -0.1) is 0 Å². The lowest BCUT2D eigenvalue weighted by molar-refractivity contribution is -0.158. The predicted molar refractivity (Wildman–Crippen MR) is 58.0 cm³/mol. The Labute approximate surface area is 95.1 Å². The Bertz CT molecular complexity index is 250. The molecule has 1 heterocycles. The molecule has 2 N–H and O–H groups in total. The summed E-state index contributed by atoms with van der Waals surface area (Å²) in [4.78, 5) is 12.6. The van der Waals surface area contributed by atoms with Crippen molar-refractivity contribution in [3.8, 4) is 0 Å². The minimum atomic E-state index is -2.17. The Morgan fingerprint density at radius 1 is 1.44 bits per heavy atom. The Morgan fingerprint density at radius 3 is 2.31 bits per heavy atom. The van der Waals surface area contributed by atoms with Crippen molar-refractivity contribution in [1.82, 2.24) is 4.90 Å². The normalized spacial score (nSPS) is 23.3. The number of carboxylic acid groups (broad SMARTS) is 1. The van der Waals surface area contributed by atoms with Crippen LogP contribution in [-0.4, -0.2) is 52.5 Å². The van der Waals surface area contributed by atoms with E-state index < -0.39 is 17.7 Å². The first kappa shape index (κ1) is 13.4. The number of aliphatic hydroxyl groups is 1. The monoisotopic (exact) mass is 233 g/mol. The van der Waals surface area contributed by atoms with Gasteiger partial charge in [-0.1, -0.05) is 13.8 Å². The van der Waals surface area contributed by atoms with Gasteiger partial charge in [0, 0.05) is 19.6 Å². The molecule has 0 bridgehead atoms. The van der Waals surface area contributed by atoms with Crippen molar-refractivity contribution >= 4 is 5.97 Å². The van der Waals surface area contributed by atoms with Crippen molar-refractivity contribution in [1.29, 1.82) is 0 Å². The molecule has 1 saturated heterocycles. The van der Waals surface area contributed by atoms with Gasteiger partial charge in [-0.2, -0.15) is 0 Å². The average molecular weight is 233 g/mol. The Kier molecular flexibility index (Phi) is 4.27. The van der Waals surface area contributed by atoms with Crippen LogP contribution in [0.25, 0.3) is 0 Å². The second kappa shape index (κ2) is 5.10.